The Bertz CT molecular complexity index is 455. The molecular weight excluding hydrogens is 231 g/mol. The van der Waals surface area contributed by atoms with Crippen molar-refractivity contribution in [2.24, 2.45) is 0 Å². The number of ketones is 1. The first-order chi connectivity index (χ1) is 8.01. The van der Waals surface area contributed by atoms with E-state index < -0.39 is 24.0 Å². The van der Waals surface area contributed by atoms with E-state index >= 15 is 0 Å². The van der Waals surface area contributed by atoms with Crippen molar-refractivity contribution in [1.29, 1.82) is 0 Å². The zero-order valence-corrected chi connectivity index (χ0v) is 9.32. The van der Waals surface area contributed by atoms with Crippen LogP contribution in [0.4, 0.5) is 4.39 Å². The highest BCUT2D eigenvalue weighted by Gasteiger charge is 2.21. The van der Waals surface area contributed by atoms with Crippen LogP contribution in [0.5, 0.6) is 11.5 Å². The molecule has 0 aliphatic carbocycles. The lowest BCUT2D eigenvalue weighted by Gasteiger charge is -2.12. The summed E-state index contributed by atoms with van der Waals surface area (Å²) in [5.74, 6) is -3.30. The van der Waals surface area contributed by atoms with Crippen molar-refractivity contribution >= 4 is 11.8 Å². The first-order valence-corrected chi connectivity index (χ1v) is 4.66. The Balaban J connectivity index is 3.22. The first-order valence-electron chi connectivity index (χ1n) is 4.66. The summed E-state index contributed by atoms with van der Waals surface area (Å²) in [4.78, 5) is 21.6. The molecule has 0 saturated heterocycles. The van der Waals surface area contributed by atoms with Crippen LogP contribution in [0.25, 0.3) is 0 Å². The van der Waals surface area contributed by atoms with Crippen molar-refractivity contribution in [2.45, 2.75) is 6.42 Å². The van der Waals surface area contributed by atoms with Crippen molar-refractivity contribution in [1.82, 2.24) is 0 Å². The van der Waals surface area contributed by atoms with Gasteiger partial charge in [0, 0.05) is 5.56 Å². The summed E-state index contributed by atoms with van der Waals surface area (Å²) in [7, 11) is 2.56. The van der Waals surface area contributed by atoms with Gasteiger partial charge in [-0.1, -0.05) is 0 Å². The van der Waals surface area contributed by atoms with Gasteiger partial charge in [0.1, 0.15) is 5.75 Å². The van der Waals surface area contributed by atoms with Crippen LogP contribution in [0.2, 0.25) is 0 Å². The fourth-order valence-electron chi connectivity index (χ4n) is 1.40. The number of rotatable bonds is 5. The molecule has 1 N–H and O–H groups in total. The third-order valence-electron chi connectivity index (χ3n) is 2.17. The number of carboxylic acids is 1. The molecule has 0 saturated carbocycles. The second-order valence-corrected chi connectivity index (χ2v) is 3.17. The number of carboxylic acid groups (broad SMARTS) is 1. The molecule has 0 aromatic heterocycles. The highest BCUT2D eigenvalue weighted by Crippen LogP contribution is 2.31. The third-order valence-corrected chi connectivity index (χ3v) is 2.17. The number of aliphatic carboxylic acids is 1. The molecule has 0 radical (unpaired) electrons. The lowest BCUT2D eigenvalue weighted by molar-refractivity contribution is -0.148. The predicted octanol–water partition coefficient (Wildman–Crippen LogP) is 1.04. The summed E-state index contributed by atoms with van der Waals surface area (Å²) in [6, 6.07) is 2.43. The topological polar surface area (TPSA) is 72.8 Å². The summed E-state index contributed by atoms with van der Waals surface area (Å²) in [5, 5.41) is 8.51. The van der Waals surface area contributed by atoms with Crippen LogP contribution in [0, 0.1) is 5.82 Å². The van der Waals surface area contributed by atoms with E-state index in [1.54, 1.807) is 0 Å². The lowest BCUT2D eigenvalue weighted by atomic mass is 10.1. The van der Waals surface area contributed by atoms with Gasteiger partial charge in [0.25, 0.3) is 0 Å². The molecule has 0 fully saturated rings. The van der Waals surface area contributed by atoms with Gasteiger partial charge in [-0.25, -0.2) is 9.18 Å². The fraction of sp³-hybridized carbons (Fsp3) is 0.273. The second kappa shape index (κ2) is 5.29. The van der Waals surface area contributed by atoms with Gasteiger partial charge in [-0.3, -0.25) is 4.79 Å². The van der Waals surface area contributed by atoms with E-state index in [-0.39, 0.29) is 17.1 Å². The van der Waals surface area contributed by atoms with Gasteiger partial charge in [0.2, 0.25) is 5.78 Å². The normalized spacial score (nSPS) is 9.82. The quantitative estimate of drug-likeness (QED) is 0.781. The van der Waals surface area contributed by atoms with E-state index in [2.05, 4.69) is 0 Å². The molecule has 0 aliphatic heterocycles. The van der Waals surface area contributed by atoms with Gasteiger partial charge < -0.3 is 14.6 Å². The smallest absolute Gasteiger partial charge is 0.372 e. The van der Waals surface area contributed by atoms with Crippen LogP contribution in [0.3, 0.4) is 0 Å². The number of benzene rings is 1. The molecule has 0 unspecified atom stereocenters. The van der Waals surface area contributed by atoms with E-state index in [0.29, 0.717) is 0 Å². The number of carbonyl (C=O) groups is 2. The van der Waals surface area contributed by atoms with E-state index in [0.717, 1.165) is 6.07 Å². The van der Waals surface area contributed by atoms with E-state index in [4.69, 9.17) is 14.6 Å². The SMILES string of the molecule is COc1ccc(F)c(OC)c1CC(=O)C(=O)O. The predicted molar refractivity (Wildman–Crippen MR) is 55.9 cm³/mol. The number of halogens is 1. The molecule has 0 aliphatic rings. The van der Waals surface area contributed by atoms with E-state index in [9.17, 15) is 14.0 Å². The molecular formula is C11H11FO5. The first kappa shape index (κ1) is 13.0. The molecule has 6 heteroatoms. The van der Waals surface area contributed by atoms with E-state index in [1.165, 1.54) is 20.3 Å². The Hall–Kier alpha value is -2.11. The van der Waals surface area contributed by atoms with Gasteiger partial charge >= 0.3 is 5.97 Å². The maximum Gasteiger partial charge on any atom is 0.372 e. The number of hydrogen-bond donors (Lipinski definition) is 1. The number of ether oxygens (including phenoxy) is 2. The van der Waals surface area contributed by atoms with Gasteiger partial charge in [-0.15, -0.1) is 0 Å². The minimum absolute atomic E-state index is 0.0856. The zero-order chi connectivity index (χ0) is 13.0. The lowest BCUT2D eigenvalue weighted by Crippen LogP contribution is -2.16. The Kier molecular flexibility index (Phi) is 4.03. The highest BCUT2D eigenvalue weighted by atomic mass is 19.1. The van der Waals surface area contributed by atoms with Crippen molar-refractivity contribution in [3.8, 4) is 11.5 Å². The molecule has 0 amide bonds. The van der Waals surface area contributed by atoms with Gasteiger partial charge in [0.15, 0.2) is 11.6 Å². The Morgan fingerprint density at radius 3 is 2.41 bits per heavy atom. The number of hydrogen-bond acceptors (Lipinski definition) is 4. The zero-order valence-electron chi connectivity index (χ0n) is 9.32. The molecule has 1 rings (SSSR count). The van der Waals surface area contributed by atoms with Gasteiger partial charge in [0.05, 0.1) is 20.6 Å². The van der Waals surface area contributed by atoms with Crippen LogP contribution in [0.1, 0.15) is 5.56 Å². The minimum Gasteiger partial charge on any atom is -0.496 e. The van der Waals surface area contributed by atoms with Gasteiger partial charge in [-0.2, -0.15) is 0 Å². The number of Topliss-reactive ketones (excluding diaryl/α,β-unsaturated/α-hetero) is 1. The van der Waals surface area contributed by atoms with Crippen LogP contribution >= 0.6 is 0 Å². The third kappa shape index (κ3) is 2.72. The Morgan fingerprint density at radius 2 is 1.94 bits per heavy atom. The van der Waals surface area contributed by atoms with E-state index in [1.807, 2.05) is 0 Å². The maximum absolute atomic E-state index is 13.4. The molecule has 0 spiro atoms. The van der Waals surface area contributed by atoms with Crippen LogP contribution < -0.4 is 9.47 Å². The molecule has 17 heavy (non-hydrogen) atoms. The second-order valence-electron chi connectivity index (χ2n) is 3.17. The molecule has 0 atom stereocenters. The van der Waals surface area contributed by atoms with Crippen LogP contribution in [-0.2, 0) is 16.0 Å². The number of carbonyl (C=O) groups excluding carboxylic acids is 1. The average Bonchev–Trinajstić information content (AvgIpc) is 2.29. The summed E-state index contributed by atoms with van der Waals surface area (Å²) in [6.45, 7) is 0. The molecule has 0 bridgehead atoms. The average molecular weight is 242 g/mol. The van der Waals surface area contributed by atoms with Crippen molar-refractivity contribution in [3.63, 3.8) is 0 Å². The minimum atomic E-state index is -1.58. The van der Waals surface area contributed by atoms with Crippen LogP contribution in [0.15, 0.2) is 12.1 Å². The van der Waals surface area contributed by atoms with Crippen molar-refractivity contribution < 1.29 is 28.6 Å². The maximum atomic E-state index is 13.4. The molecule has 92 valence electrons. The monoisotopic (exact) mass is 242 g/mol. The molecule has 1 aromatic rings. The summed E-state index contributed by atoms with van der Waals surface area (Å²) < 4.78 is 23.1. The Labute approximate surface area is 96.8 Å². The summed E-state index contributed by atoms with van der Waals surface area (Å²) in [6.07, 6.45) is -0.487. The Morgan fingerprint density at radius 1 is 1.29 bits per heavy atom. The largest absolute Gasteiger partial charge is 0.496 e. The van der Waals surface area contributed by atoms with Crippen molar-refractivity contribution in [2.75, 3.05) is 14.2 Å². The number of methoxy groups -OCH3 is 2. The summed E-state index contributed by atoms with van der Waals surface area (Å²) >= 11 is 0. The molecule has 5 nitrogen and oxygen atoms in total. The molecule has 1 aromatic carbocycles. The summed E-state index contributed by atoms with van der Waals surface area (Å²) in [5.41, 5.74) is 0.0856. The van der Waals surface area contributed by atoms with Gasteiger partial charge in [-0.05, 0) is 12.1 Å². The van der Waals surface area contributed by atoms with Crippen molar-refractivity contribution in [3.05, 3.63) is 23.5 Å². The standard InChI is InChI=1S/C11H11FO5/c1-16-9-4-3-7(12)10(17-2)6(9)5-8(13)11(14)15/h3-4H,5H2,1-2H3,(H,14,15). The highest BCUT2D eigenvalue weighted by molar-refractivity contribution is 6.33. The molecule has 0 heterocycles. The van der Waals surface area contributed by atoms with Crippen LogP contribution in [-0.4, -0.2) is 31.1 Å². The fourth-order valence-corrected chi connectivity index (χ4v) is 1.40.